The van der Waals surface area contributed by atoms with Gasteiger partial charge in [-0.05, 0) is 41.5 Å². The third-order valence-corrected chi connectivity index (χ3v) is 3.39. The van der Waals surface area contributed by atoms with Crippen LogP contribution < -0.4 is 10.6 Å². The number of aliphatic hydroxyl groups excluding tert-OH is 1. The molecule has 1 heterocycles. The van der Waals surface area contributed by atoms with Crippen LogP contribution in [0.1, 0.15) is 21.5 Å². The Bertz CT molecular complexity index is 708. The Morgan fingerprint density at radius 1 is 1.19 bits per heavy atom. The second-order valence-corrected chi connectivity index (χ2v) is 4.91. The standard InChI is InChI=1S/C16H14N2O3/c19-9-10-1-4-13(5-2-10)17-16(21)11-3-6-14-12(7-11)8-15(20)18-14/h1-7,19H,8-9H2,(H,17,21)(H,18,20). The SMILES string of the molecule is O=C1Cc2cc(C(=O)Nc3ccc(CO)cc3)ccc2N1. The van der Waals surface area contributed by atoms with Crippen molar-refractivity contribution >= 4 is 23.2 Å². The van der Waals surface area contributed by atoms with Crippen molar-refractivity contribution in [3.05, 3.63) is 59.2 Å². The molecule has 2 aromatic carbocycles. The van der Waals surface area contributed by atoms with E-state index in [9.17, 15) is 9.59 Å². The predicted octanol–water partition coefficient (Wildman–Crippen LogP) is 1.93. The molecule has 3 rings (SSSR count). The van der Waals surface area contributed by atoms with E-state index in [4.69, 9.17) is 5.11 Å². The predicted molar refractivity (Wildman–Crippen MR) is 79.1 cm³/mol. The Hall–Kier alpha value is -2.66. The largest absolute Gasteiger partial charge is 0.392 e. The molecule has 1 aliphatic rings. The minimum atomic E-state index is -0.228. The summed E-state index contributed by atoms with van der Waals surface area (Å²) >= 11 is 0. The molecule has 0 aromatic heterocycles. The summed E-state index contributed by atoms with van der Waals surface area (Å²) in [5.41, 5.74) is 3.56. The number of amides is 2. The van der Waals surface area contributed by atoms with Crippen LogP contribution in [0.3, 0.4) is 0 Å². The van der Waals surface area contributed by atoms with E-state index in [1.165, 1.54) is 0 Å². The van der Waals surface area contributed by atoms with E-state index in [0.717, 1.165) is 16.8 Å². The maximum Gasteiger partial charge on any atom is 0.255 e. The van der Waals surface area contributed by atoms with Gasteiger partial charge in [0.05, 0.1) is 13.0 Å². The molecule has 2 amide bonds. The van der Waals surface area contributed by atoms with Gasteiger partial charge in [-0.25, -0.2) is 0 Å². The molecule has 0 spiro atoms. The summed E-state index contributed by atoms with van der Waals surface area (Å²) in [6.45, 7) is -0.0277. The second-order valence-electron chi connectivity index (χ2n) is 4.91. The molecule has 0 saturated carbocycles. The van der Waals surface area contributed by atoms with E-state index in [1.807, 2.05) is 0 Å². The normalized spacial score (nSPS) is 12.7. The highest BCUT2D eigenvalue weighted by Gasteiger charge is 2.19. The van der Waals surface area contributed by atoms with E-state index in [1.54, 1.807) is 42.5 Å². The molecular formula is C16H14N2O3. The van der Waals surface area contributed by atoms with Crippen molar-refractivity contribution in [2.24, 2.45) is 0 Å². The molecule has 0 unspecified atom stereocenters. The van der Waals surface area contributed by atoms with Crippen LogP contribution in [0, 0.1) is 0 Å². The van der Waals surface area contributed by atoms with Crippen LogP contribution in [0.5, 0.6) is 0 Å². The zero-order valence-electron chi connectivity index (χ0n) is 11.2. The quantitative estimate of drug-likeness (QED) is 0.805. The zero-order valence-corrected chi connectivity index (χ0v) is 11.2. The summed E-state index contributed by atoms with van der Waals surface area (Å²) in [6, 6.07) is 12.1. The first-order chi connectivity index (χ1) is 10.2. The van der Waals surface area contributed by atoms with Gasteiger partial charge in [-0.15, -0.1) is 0 Å². The molecule has 0 bridgehead atoms. The van der Waals surface area contributed by atoms with Gasteiger partial charge in [0.15, 0.2) is 0 Å². The third kappa shape index (κ3) is 2.78. The number of nitrogens with one attached hydrogen (secondary N) is 2. The van der Waals surface area contributed by atoms with Crippen LogP contribution in [0.15, 0.2) is 42.5 Å². The highest BCUT2D eigenvalue weighted by molar-refractivity contribution is 6.06. The number of carbonyl (C=O) groups is 2. The van der Waals surface area contributed by atoms with Crippen molar-refractivity contribution in [2.45, 2.75) is 13.0 Å². The Labute approximate surface area is 121 Å². The van der Waals surface area contributed by atoms with Gasteiger partial charge in [-0.2, -0.15) is 0 Å². The van der Waals surface area contributed by atoms with Crippen LogP contribution in [-0.4, -0.2) is 16.9 Å². The van der Waals surface area contributed by atoms with Crippen molar-refractivity contribution in [3.63, 3.8) is 0 Å². The number of carbonyl (C=O) groups excluding carboxylic acids is 2. The van der Waals surface area contributed by atoms with E-state index >= 15 is 0 Å². The van der Waals surface area contributed by atoms with Crippen molar-refractivity contribution in [2.75, 3.05) is 10.6 Å². The minimum Gasteiger partial charge on any atom is -0.392 e. The monoisotopic (exact) mass is 282 g/mol. The lowest BCUT2D eigenvalue weighted by Crippen LogP contribution is -2.12. The Morgan fingerprint density at radius 3 is 2.67 bits per heavy atom. The number of anilines is 2. The molecule has 2 aromatic rings. The second kappa shape index (κ2) is 5.38. The van der Waals surface area contributed by atoms with Gasteiger partial charge in [-0.3, -0.25) is 9.59 Å². The molecule has 5 nitrogen and oxygen atoms in total. The summed E-state index contributed by atoms with van der Waals surface area (Å²) in [4.78, 5) is 23.5. The average molecular weight is 282 g/mol. The number of fused-ring (bicyclic) bond motifs is 1. The van der Waals surface area contributed by atoms with E-state index < -0.39 is 0 Å². The first-order valence-electron chi connectivity index (χ1n) is 6.59. The molecule has 5 heteroatoms. The van der Waals surface area contributed by atoms with Gasteiger partial charge in [0, 0.05) is 16.9 Å². The van der Waals surface area contributed by atoms with Gasteiger partial charge >= 0.3 is 0 Å². The van der Waals surface area contributed by atoms with Crippen LogP contribution in [-0.2, 0) is 17.8 Å². The minimum absolute atomic E-state index is 0.0277. The summed E-state index contributed by atoms with van der Waals surface area (Å²) in [7, 11) is 0. The van der Waals surface area contributed by atoms with Crippen LogP contribution >= 0.6 is 0 Å². The maximum absolute atomic E-state index is 12.2. The van der Waals surface area contributed by atoms with Crippen LogP contribution in [0.25, 0.3) is 0 Å². The van der Waals surface area contributed by atoms with Gasteiger partial charge in [0.25, 0.3) is 5.91 Å². The molecule has 106 valence electrons. The summed E-state index contributed by atoms with van der Waals surface area (Å²) in [5.74, 6) is -0.281. The summed E-state index contributed by atoms with van der Waals surface area (Å²) < 4.78 is 0. The van der Waals surface area contributed by atoms with Gasteiger partial charge in [0.1, 0.15) is 0 Å². The summed E-state index contributed by atoms with van der Waals surface area (Å²) in [5, 5.41) is 14.5. The fraction of sp³-hybridized carbons (Fsp3) is 0.125. The lowest BCUT2D eigenvalue weighted by molar-refractivity contribution is -0.115. The highest BCUT2D eigenvalue weighted by atomic mass is 16.3. The van der Waals surface area contributed by atoms with Crippen molar-refractivity contribution < 1.29 is 14.7 Å². The molecule has 0 aliphatic carbocycles. The van der Waals surface area contributed by atoms with E-state index in [-0.39, 0.29) is 18.4 Å². The van der Waals surface area contributed by atoms with Crippen molar-refractivity contribution in [1.82, 2.24) is 0 Å². The number of rotatable bonds is 3. The fourth-order valence-electron chi connectivity index (χ4n) is 2.27. The van der Waals surface area contributed by atoms with Crippen LogP contribution in [0.2, 0.25) is 0 Å². The molecule has 3 N–H and O–H groups in total. The lowest BCUT2D eigenvalue weighted by Gasteiger charge is -2.07. The molecular weight excluding hydrogens is 268 g/mol. The summed E-state index contributed by atoms with van der Waals surface area (Å²) in [6.07, 6.45) is 0.307. The number of hydrogen-bond acceptors (Lipinski definition) is 3. The smallest absolute Gasteiger partial charge is 0.255 e. The number of hydrogen-bond donors (Lipinski definition) is 3. The van der Waals surface area contributed by atoms with Crippen molar-refractivity contribution in [1.29, 1.82) is 0 Å². The van der Waals surface area contributed by atoms with Crippen LogP contribution in [0.4, 0.5) is 11.4 Å². The molecule has 0 saturated heterocycles. The first-order valence-corrected chi connectivity index (χ1v) is 6.59. The van der Waals surface area contributed by atoms with Gasteiger partial charge in [-0.1, -0.05) is 12.1 Å². The molecule has 1 aliphatic heterocycles. The number of aliphatic hydroxyl groups is 1. The van der Waals surface area contributed by atoms with Gasteiger partial charge in [0.2, 0.25) is 5.91 Å². The van der Waals surface area contributed by atoms with E-state index in [2.05, 4.69) is 10.6 Å². The molecule has 0 fully saturated rings. The fourth-order valence-corrected chi connectivity index (χ4v) is 2.27. The maximum atomic E-state index is 12.2. The highest BCUT2D eigenvalue weighted by Crippen LogP contribution is 2.24. The molecule has 21 heavy (non-hydrogen) atoms. The third-order valence-electron chi connectivity index (χ3n) is 3.39. The Balaban J connectivity index is 1.76. The van der Waals surface area contributed by atoms with Gasteiger partial charge < -0.3 is 15.7 Å². The zero-order chi connectivity index (χ0) is 14.8. The molecule has 0 atom stereocenters. The number of benzene rings is 2. The topological polar surface area (TPSA) is 78.4 Å². The Morgan fingerprint density at radius 2 is 1.95 bits per heavy atom. The van der Waals surface area contributed by atoms with E-state index in [0.29, 0.717) is 17.7 Å². The van der Waals surface area contributed by atoms with Crippen molar-refractivity contribution in [3.8, 4) is 0 Å². The molecule has 0 radical (unpaired) electrons. The Kier molecular flexibility index (Phi) is 3.41. The average Bonchev–Trinajstić information content (AvgIpc) is 2.87. The first kappa shape index (κ1) is 13.3. The lowest BCUT2D eigenvalue weighted by atomic mass is 10.1.